The van der Waals surface area contributed by atoms with Crippen molar-refractivity contribution in [2.45, 2.75) is 0 Å². The summed E-state index contributed by atoms with van der Waals surface area (Å²) in [7, 11) is -12.4. The van der Waals surface area contributed by atoms with Crippen LogP contribution in [0.2, 0.25) is 0 Å². The highest BCUT2D eigenvalue weighted by Crippen LogP contribution is 2.51. The van der Waals surface area contributed by atoms with Crippen molar-refractivity contribution in [3.05, 3.63) is 570 Å². The van der Waals surface area contributed by atoms with E-state index in [0.29, 0.717) is 0 Å². The predicted molar refractivity (Wildman–Crippen MR) is 574 cm³/mol. The lowest BCUT2D eigenvalue weighted by Gasteiger charge is -2.36. The molecule has 0 saturated carbocycles. The van der Waals surface area contributed by atoms with E-state index in [-0.39, 0.29) is 0 Å². The Morgan fingerprint density at radius 3 is 0.530 bits per heavy atom. The number of anilines is 6. The summed E-state index contributed by atoms with van der Waals surface area (Å²) in [5, 5.41) is 27.7. The van der Waals surface area contributed by atoms with Crippen molar-refractivity contribution in [2.24, 2.45) is 0 Å². The molecule has 22 aromatic rings. The van der Waals surface area contributed by atoms with E-state index in [0.717, 1.165) is 88.7 Å². The first-order chi connectivity index (χ1) is 65.5. The molecule has 0 unspecified atom stereocenters. The normalized spacial score (nSPS) is 11.8. The topological polar surface area (TPSA) is 6.48 Å². The number of hydrogen-bond donors (Lipinski definition) is 0. The zero-order valence-corrected chi connectivity index (χ0v) is 77.2. The van der Waals surface area contributed by atoms with E-state index < -0.39 is 32.3 Å². The van der Waals surface area contributed by atoms with Gasteiger partial charge in [-0.15, -0.1) is 0 Å². The van der Waals surface area contributed by atoms with Gasteiger partial charge in [-0.2, -0.15) is 0 Å². The molecule has 6 heteroatoms. The van der Waals surface area contributed by atoms with Crippen molar-refractivity contribution in [3.8, 4) is 22.3 Å². The summed E-state index contributed by atoms with van der Waals surface area (Å²) in [6.45, 7) is 0. The Morgan fingerprint density at radius 1 is 0.114 bits per heavy atom. The summed E-state index contributed by atoms with van der Waals surface area (Å²) in [5.41, 5.74) is 10.8. The van der Waals surface area contributed by atoms with Crippen LogP contribution in [-0.2, 0) is 0 Å². The summed E-state index contributed by atoms with van der Waals surface area (Å²) in [5.74, 6) is 0. The molecule has 0 amide bonds. The van der Waals surface area contributed by atoms with Gasteiger partial charge in [0.2, 0.25) is 0 Å². The molecule has 0 aromatic heterocycles. The number of nitrogens with zero attached hydrogens (tertiary/aromatic N) is 2. The standard InChI is InChI=1S/C126H94N2Si4/c1-13-53-99(54-14-1)129(100-55-15-2-16-56-100,101-57-17-3-18-58-101)111-77-45-49-95(89-111)115-81-41-43-87-123(115)127(97-51-47-79-113(91-97)131(105-65-25-7-26-66-105,106-67-27-8-28-68-106)107-69-29-9-30-70-107)125-93-121-118-84-38-40-86-120(118)126(94-122(121)117-83-37-39-85-119(117)125)128(98-52-48-80-114(92-98)132(108-71-31-10-32-72-108,109-73-33-11-34-74-109)110-75-35-12-36-76-110)124-88-44-42-82-116(124)96-50-46-78-112(90-96)130(102-59-19-4-20-60-102,103-61-21-5-22-62-103)104-63-23-6-24-64-104/h1-94H. The van der Waals surface area contributed by atoms with Gasteiger partial charge in [0.15, 0.2) is 32.3 Å². The molecule has 624 valence electrons. The van der Waals surface area contributed by atoms with Gasteiger partial charge in [0.1, 0.15) is 0 Å². The van der Waals surface area contributed by atoms with Gasteiger partial charge in [0, 0.05) is 33.3 Å². The van der Waals surface area contributed by atoms with Crippen molar-refractivity contribution < 1.29 is 0 Å². The van der Waals surface area contributed by atoms with Crippen molar-refractivity contribution in [1.82, 2.24) is 0 Å². The highest BCUT2D eigenvalue weighted by atomic mass is 28.3. The summed E-state index contributed by atoms with van der Waals surface area (Å²) >= 11 is 0. The van der Waals surface area contributed by atoms with Gasteiger partial charge in [-0.3, -0.25) is 0 Å². The Morgan fingerprint density at radius 2 is 0.295 bits per heavy atom. The quantitative estimate of drug-likeness (QED) is 0.0338. The van der Waals surface area contributed by atoms with E-state index in [9.17, 15) is 0 Å². The van der Waals surface area contributed by atoms with Crippen LogP contribution in [-0.4, -0.2) is 32.3 Å². The molecule has 22 rings (SSSR count). The van der Waals surface area contributed by atoms with Gasteiger partial charge in [0.05, 0.1) is 22.7 Å². The van der Waals surface area contributed by atoms with Crippen LogP contribution in [0.1, 0.15) is 0 Å². The predicted octanol–water partition coefficient (Wildman–Crippen LogP) is 20.9. The van der Waals surface area contributed by atoms with Gasteiger partial charge in [-0.1, -0.05) is 522 Å². The van der Waals surface area contributed by atoms with Crippen molar-refractivity contribution in [1.29, 1.82) is 0 Å². The van der Waals surface area contributed by atoms with Crippen LogP contribution in [0.3, 0.4) is 0 Å². The molecule has 0 bridgehead atoms. The Kier molecular flexibility index (Phi) is 22.3. The van der Waals surface area contributed by atoms with E-state index in [1.54, 1.807) is 0 Å². The Balaban J connectivity index is 0.817. The molecule has 2 nitrogen and oxygen atoms in total. The van der Waals surface area contributed by atoms with Crippen LogP contribution in [0.15, 0.2) is 570 Å². The largest absolute Gasteiger partial charge is 0.309 e. The molecular formula is C126H94N2Si4. The van der Waals surface area contributed by atoms with Crippen LogP contribution in [0.25, 0.3) is 54.6 Å². The second-order valence-corrected chi connectivity index (χ2v) is 49.6. The number of para-hydroxylation sites is 2. The average Bonchev–Trinajstić information content (AvgIpc) is 0.722. The minimum Gasteiger partial charge on any atom is -0.309 e. The van der Waals surface area contributed by atoms with E-state index >= 15 is 0 Å². The maximum atomic E-state index is 2.63. The highest BCUT2D eigenvalue weighted by molar-refractivity contribution is 7.22. The number of hydrogen-bond acceptors (Lipinski definition) is 2. The maximum Gasteiger partial charge on any atom is 0.179 e. The maximum absolute atomic E-state index is 3.16. The van der Waals surface area contributed by atoms with Crippen molar-refractivity contribution in [3.63, 3.8) is 0 Å². The lowest BCUT2D eigenvalue weighted by atomic mass is 9.92. The molecular weight excluding hydrogens is 1650 g/mol. The van der Waals surface area contributed by atoms with Gasteiger partial charge >= 0.3 is 0 Å². The molecule has 22 aromatic carbocycles. The monoisotopic (exact) mass is 1750 g/mol. The van der Waals surface area contributed by atoms with Crippen LogP contribution in [0.5, 0.6) is 0 Å². The smallest absolute Gasteiger partial charge is 0.179 e. The van der Waals surface area contributed by atoms with Crippen molar-refractivity contribution in [2.75, 3.05) is 9.80 Å². The third kappa shape index (κ3) is 14.2. The molecule has 0 spiro atoms. The molecule has 0 radical (unpaired) electrons. The average molecular weight is 1750 g/mol. The lowest BCUT2D eigenvalue weighted by Crippen LogP contribution is -2.74. The Bertz CT molecular complexity index is 6950. The molecule has 0 N–H and O–H groups in total. The fraction of sp³-hybridized carbons (Fsp3) is 0. The molecule has 132 heavy (non-hydrogen) atoms. The fourth-order valence-electron chi connectivity index (χ4n) is 21.8. The summed E-state index contributed by atoms with van der Waals surface area (Å²) in [4.78, 5) is 5.25. The molecule has 0 aliphatic heterocycles. The third-order valence-electron chi connectivity index (χ3n) is 27.4. The highest BCUT2D eigenvalue weighted by Gasteiger charge is 2.47. The SMILES string of the molecule is c1ccc([Si](c2ccccc2)(c2ccccc2)c2cccc(-c3ccccc3N(c3cccc([Si](c4ccccc4)(c4ccccc4)c4ccccc4)c3)c3cc4c5ccccc5c(N(c5cccc([Si](c6ccccc6)(c6ccccc6)c6ccccc6)c5)c5ccccc5-c5cccc([Si](c6ccccc6)(c6ccccc6)c6ccccc6)c5)cc4c4ccccc34)c2)cc1. The zero-order valence-electron chi connectivity index (χ0n) is 73.2. The summed E-state index contributed by atoms with van der Waals surface area (Å²) in [6.07, 6.45) is 0. The Labute approximate surface area is 778 Å². The lowest BCUT2D eigenvalue weighted by molar-refractivity contribution is 1.30. The third-order valence-corrected chi connectivity index (χ3v) is 46.5. The van der Waals surface area contributed by atoms with Crippen LogP contribution in [0.4, 0.5) is 34.1 Å². The fourth-order valence-corrected chi connectivity index (χ4v) is 40.9. The number of benzene rings is 22. The number of rotatable bonds is 24. The van der Waals surface area contributed by atoms with E-state index in [4.69, 9.17) is 0 Å². The second-order valence-electron chi connectivity index (χ2n) is 34.3. The second kappa shape index (κ2) is 36.0. The summed E-state index contributed by atoms with van der Waals surface area (Å²) < 4.78 is 0. The molecule has 0 aliphatic rings. The van der Waals surface area contributed by atoms with Crippen LogP contribution < -0.4 is 92.8 Å². The van der Waals surface area contributed by atoms with Gasteiger partial charge < -0.3 is 9.80 Å². The van der Waals surface area contributed by atoms with E-state index in [1.165, 1.54) is 83.0 Å². The van der Waals surface area contributed by atoms with E-state index in [1.807, 2.05) is 0 Å². The van der Waals surface area contributed by atoms with Crippen molar-refractivity contribution >= 4 is 182 Å². The van der Waals surface area contributed by atoms with Crippen LogP contribution in [0, 0.1) is 0 Å². The molecule has 0 atom stereocenters. The minimum atomic E-state index is -3.16. The van der Waals surface area contributed by atoms with E-state index in [2.05, 4.69) is 580 Å². The zero-order chi connectivity index (χ0) is 88.1. The molecule has 0 fully saturated rings. The minimum absolute atomic E-state index is 1.05. The first-order valence-electron chi connectivity index (χ1n) is 45.8. The molecule has 0 saturated heterocycles. The van der Waals surface area contributed by atoms with Gasteiger partial charge in [-0.05, 0) is 164 Å². The van der Waals surface area contributed by atoms with Gasteiger partial charge in [0.25, 0.3) is 0 Å². The van der Waals surface area contributed by atoms with Crippen LogP contribution >= 0.6 is 0 Å². The Hall–Kier alpha value is -15.9. The molecule has 0 heterocycles. The first-order valence-corrected chi connectivity index (χ1v) is 53.8. The summed E-state index contributed by atoms with van der Waals surface area (Å²) in [6, 6.07) is 217. The molecule has 0 aliphatic carbocycles. The number of fused-ring (bicyclic) bond motifs is 5. The first kappa shape index (κ1) is 81.8. The van der Waals surface area contributed by atoms with Gasteiger partial charge in [-0.25, -0.2) is 0 Å².